The molecule has 0 spiro atoms. The SMILES string of the molecule is CCc1ccc(/C=C2\SC(=S)N(CCC(=O)N3CCCc4ccccc43)C2=O)cc1. The van der Waals surface area contributed by atoms with Crippen molar-refractivity contribution in [2.45, 2.75) is 32.6 Å². The zero-order valence-electron chi connectivity index (χ0n) is 17.0. The van der Waals surface area contributed by atoms with Crippen molar-refractivity contribution in [2.75, 3.05) is 18.0 Å². The van der Waals surface area contributed by atoms with Gasteiger partial charge in [-0.2, -0.15) is 0 Å². The van der Waals surface area contributed by atoms with Crippen LogP contribution in [0.25, 0.3) is 6.08 Å². The summed E-state index contributed by atoms with van der Waals surface area (Å²) in [6, 6.07) is 16.2. The van der Waals surface area contributed by atoms with Gasteiger partial charge in [-0.15, -0.1) is 0 Å². The van der Waals surface area contributed by atoms with E-state index in [9.17, 15) is 9.59 Å². The number of para-hydroxylation sites is 1. The molecule has 2 aromatic carbocycles. The molecule has 0 radical (unpaired) electrons. The number of carbonyl (C=O) groups excluding carboxylic acids is 2. The van der Waals surface area contributed by atoms with Gasteiger partial charge in [0.15, 0.2) is 0 Å². The van der Waals surface area contributed by atoms with Gasteiger partial charge in [-0.1, -0.05) is 73.4 Å². The Morgan fingerprint density at radius 1 is 1.17 bits per heavy atom. The molecule has 30 heavy (non-hydrogen) atoms. The minimum absolute atomic E-state index is 0.0373. The Labute approximate surface area is 186 Å². The normalized spacial score (nSPS) is 17.6. The highest BCUT2D eigenvalue weighted by Crippen LogP contribution is 2.33. The van der Waals surface area contributed by atoms with Crippen LogP contribution in [0.3, 0.4) is 0 Å². The molecule has 2 aromatic rings. The van der Waals surface area contributed by atoms with E-state index in [1.54, 1.807) is 4.90 Å². The first-order chi connectivity index (χ1) is 14.6. The maximum absolute atomic E-state index is 12.9. The molecular formula is C24H24N2O2S2. The summed E-state index contributed by atoms with van der Waals surface area (Å²) >= 11 is 6.73. The Morgan fingerprint density at radius 2 is 1.93 bits per heavy atom. The quantitative estimate of drug-likeness (QED) is 0.498. The molecule has 0 saturated carbocycles. The predicted octanol–water partition coefficient (Wildman–Crippen LogP) is 4.82. The lowest BCUT2D eigenvalue weighted by molar-refractivity contribution is -0.123. The van der Waals surface area contributed by atoms with Crippen molar-refractivity contribution in [3.05, 3.63) is 70.1 Å². The molecule has 0 aromatic heterocycles. The number of carbonyl (C=O) groups is 2. The average Bonchev–Trinajstić information content (AvgIpc) is 3.04. The number of hydrogen-bond donors (Lipinski definition) is 0. The highest BCUT2D eigenvalue weighted by molar-refractivity contribution is 8.26. The molecule has 2 amide bonds. The molecule has 0 unspecified atom stereocenters. The Hall–Kier alpha value is -2.44. The summed E-state index contributed by atoms with van der Waals surface area (Å²) in [5, 5.41) is 0. The zero-order valence-corrected chi connectivity index (χ0v) is 18.6. The van der Waals surface area contributed by atoms with Gasteiger partial charge < -0.3 is 4.90 Å². The van der Waals surface area contributed by atoms with Crippen LogP contribution in [0.15, 0.2) is 53.4 Å². The fourth-order valence-corrected chi connectivity index (χ4v) is 5.14. The van der Waals surface area contributed by atoms with E-state index in [-0.39, 0.29) is 18.2 Å². The number of anilines is 1. The standard InChI is InChI=1S/C24H24N2O2S2/c1-2-17-9-11-18(12-10-17)16-21-23(28)26(24(29)30-21)15-13-22(27)25-14-5-7-19-6-3-4-8-20(19)25/h3-4,6,8-12,16H,2,5,7,13-15H2,1H3/b21-16-. The number of thiocarbonyl (C=S) groups is 1. The monoisotopic (exact) mass is 436 g/mol. The topological polar surface area (TPSA) is 40.6 Å². The van der Waals surface area contributed by atoms with Gasteiger partial charge in [-0.3, -0.25) is 14.5 Å². The number of thioether (sulfide) groups is 1. The van der Waals surface area contributed by atoms with Crippen molar-refractivity contribution >= 4 is 51.9 Å². The van der Waals surface area contributed by atoms with Crippen LogP contribution in [-0.4, -0.2) is 34.1 Å². The van der Waals surface area contributed by atoms with Crippen LogP contribution in [0.4, 0.5) is 5.69 Å². The third-order valence-electron chi connectivity index (χ3n) is 5.52. The van der Waals surface area contributed by atoms with Crippen molar-refractivity contribution in [3.8, 4) is 0 Å². The summed E-state index contributed by atoms with van der Waals surface area (Å²) in [6.45, 7) is 3.15. The molecule has 4 rings (SSSR count). The second-order valence-electron chi connectivity index (χ2n) is 7.46. The number of rotatable bonds is 5. The number of benzene rings is 2. The van der Waals surface area contributed by atoms with Gasteiger partial charge >= 0.3 is 0 Å². The number of nitrogens with zero attached hydrogens (tertiary/aromatic N) is 2. The summed E-state index contributed by atoms with van der Waals surface area (Å²) in [7, 11) is 0. The second kappa shape index (κ2) is 9.14. The van der Waals surface area contributed by atoms with E-state index in [0.29, 0.717) is 15.8 Å². The molecule has 0 bridgehead atoms. The lowest BCUT2D eigenvalue weighted by atomic mass is 10.0. The van der Waals surface area contributed by atoms with Crippen LogP contribution in [0, 0.1) is 0 Å². The van der Waals surface area contributed by atoms with Gasteiger partial charge in [-0.05, 0) is 48.1 Å². The van der Waals surface area contributed by atoms with E-state index in [0.717, 1.165) is 37.1 Å². The van der Waals surface area contributed by atoms with Crippen LogP contribution in [0.1, 0.15) is 36.5 Å². The van der Waals surface area contributed by atoms with Crippen molar-refractivity contribution in [2.24, 2.45) is 0 Å². The van der Waals surface area contributed by atoms with Crippen LogP contribution in [0.5, 0.6) is 0 Å². The maximum atomic E-state index is 12.9. The minimum Gasteiger partial charge on any atom is -0.312 e. The second-order valence-corrected chi connectivity index (χ2v) is 9.13. The van der Waals surface area contributed by atoms with E-state index in [2.05, 4.69) is 25.1 Å². The first-order valence-corrected chi connectivity index (χ1v) is 11.5. The summed E-state index contributed by atoms with van der Waals surface area (Å²) in [5.41, 5.74) is 4.44. The van der Waals surface area contributed by atoms with E-state index in [4.69, 9.17) is 12.2 Å². The Balaban J connectivity index is 1.41. The van der Waals surface area contributed by atoms with E-state index < -0.39 is 0 Å². The molecule has 0 aliphatic carbocycles. The van der Waals surface area contributed by atoms with Gasteiger partial charge in [0.25, 0.3) is 5.91 Å². The molecule has 0 N–H and O–H groups in total. The lowest BCUT2D eigenvalue weighted by Crippen LogP contribution is -2.38. The highest BCUT2D eigenvalue weighted by Gasteiger charge is 2.33. The molecule has 2 aliphatic rings. The minimum atomic E-state index is -0.114. The maximum Gasteiger partial charge on any atom is 0.266 e. The number of amides is 2. The Kier molecular flexibility index (Phi) is 6.35. The average molecular weight is 437 g/mol. The summed E-state index contributed by atoms with van der Waals surface area (Å²) in [4.78, 5) is 29.8. The molecule has 1 saturated heterocycles. The number of fused-ring (bicyclic) bond motifs is 1. The van der Waals surface area contributed by atoms with Crippen LogP contribution in [0.2, 0.25) is 0 Å². The van der Waals surface area contributed by atoms with Crippen molar-refractivity contribution in [1.82, 2.24) is 4.90 Å². The van der Waals surface area contributed by atoms with Crippen LogP contribution in [-0.2, 0) is 22.4 Å². The van der Waals surface area contributed by atoms with Crippen LogP contribution < -0.4 is 4.90 Å². The van der Waals surface area contributed by atoms with Crippen molar-refractivity contribution in [1.29, 1.82) is 0 Å². The zero-order chi connectivity index (χ0) is 21.1. The van der Waals surface area contributed by atoms with Gasteiger partial charge in [0.2, 0.25) is 5.91 Å². The Bertz CT molecular complexity index is 1010. The molecule has 2 aliphatic heterocycles. The first-order valence-electron chi connectivity index (χ1n) is 10.3. The van der Waals surface area contributed by atoms with Gasteiger partial charge in [0.05, 0.1) is 4.91 Å². The molecule has 154 valence electrons. The number of aryl methyl sites for hydroxylation is 2. The third-order valence-corrected chi connectivity index (χ3v) is 6.90. The van der Waals surface area contributed by atoms with Gasteiger partial charge in [0, 0.05) is 25.2 Å². The largest absolute Gasteiger partial charge is 0.312 e. The van der Waals surface area contributed by atoms with E-state index in [1.165, 1.54) is 22.9 Å². The molecule has 2 heterocycles. The summed E-state index contributed by atoms with van der Waals surface area (Å²) in [6.07, 6.45) is 5.08. The van der Waals surface area contributed by atoms with Crippen molar-refractivity contribution < 1.29 is 9.59 Å². The highest BCUT2D eigenvalue weighted by atomic mass is 32.2. The van der Waals surface area contributed by atoms with Crippen LogP contribution >= 0.6 is 24.0 Å². The summed E-state index contributed by atoms with van der Waals surface area (Å²) in [5.74, 6) is -0.0771. The van der Waals surface area contributed by atoms with Gasteiger partial charge in [-0.25, -0.2) is 0 Å². The Morgan fingerprint density at radius 3 is 2.70 bits per heavy atom. The fraction of sp³-hybridized carbons (Fsp3) is 0.292. The van der Waals surface area contributed by atoms with E-state index in [1.807, 2.05) is 41.3 Å². The third kappa shape index (κ3) is 4.35. The molecule has 6 heteroatoms. The molecular weight excluding hydrogens is 412 g/mol. The summed E-state index contributed by atoms with van der Waals surface area (Å²) < 4.78 is 0.517. The molecule has 0 atom stereocenters. The first kappa shape index (κ1) is 20.8. The van der Waals surface area contributed by atoms with Crippen molar-refractivity contribution in [3.63, 3.8) is 0 Å². The predicted molar refractivity (Wildman–Crippen MR) is 127 cm³/mol. The molecule has 4 nitrogen and oxygen atoms in total. The smallest absolute Gasteiger partial charge is 0.266 e. The lowest BCUT2D eigenvalue weighted by Gasteiger charge is -2.30. The van der Waals surface area contributed by atoms with Gasteiger partial charge in [0.1, 0.15) is 4.32 Å². The van der Waals surface area contributed by atoms with E-state index >= 15 is 0 Å². The number of hydrogen-bond acceptors (Lipinski definition) is 4. The fourth-order valence-electron chi connectivity index (χ4n) is 3.83. The molecule has 1 fully saturated rings.